The van der Waals surface area contributed by atoms with Gasteiger partial charge in [0.1, 0.15) is 0 Å². The molecule has 2 aromatic carbocycles. The van der Waals surface area contributed by atoms with Crippen LogP contribution in [0.25, 0.3) is 10.2 Å². The summed E-state index contributed by atoms with van der Waals surface area (Å²) < 4.78 is 49.7. The summed E-state index contributed by atoms with van der Waals surface area (Å²) in [7, 11) is -3.32. The van der Waals surface area contributed by atoms with Crippen LogP contribution in [0.4, 0.5) is 5.13 Å². The van der Waals surface area contributed by atoms with E-state index in [-0.39, 0.29) is 27.9 Å². The van der Waals surface area contributed by atoms with Crippen molar-refractivity contribution in [3.8, 4) is 0 Å². The van der Waals surface area contributed by atoms with Gasteiger partial charge in [0, 0.05) is 30.8 Å². The van der Waals surface area contributed by atoms with E-state index in [2.05, 4.69) is 4.98 Å². The number of thiazole rings is 1. The van der Waals surface area contributed by atoms with Gasteiger partial charge in [-0.05, 0) is 56.6 Å². The number of nitrogens with zero attached hydrogens (tertiary/aromatic N) is 3. The van der Waals surface area contributed by atoms with Gasteiger partial charge in [0.05, 0.1) is 25.8 Å². The summed E-state index contributed by atoms with van der Waals surface area (Å²) in [6.07, 6.45) is 0.910. The van der Waals surface area contributed by atoms with Gasteiger partial charge in [0.25, 0.3) is 0 Å². The van der Waals surface area contributed by atoms with Crippen LogP contribution in [0.5, 0.6) is 0 Å². The van der Waals surface area contributed by atoms with Gasteiger partial charge in [-0.3, -0.25) is 9.69 Å². The summed E-state index contributed by atoms with van der Waals surface area (Å²) in [5, 5.41) is 0.821. The standard InChI is InChI=1S/C21H24ClN3O5S3/c1-24(2)11-12-25(20(26)10-13-33(29,30)16-6-4-15(22)5-7-16)21-23-18-9-8-17(32(3,27)28)14-19(18)31-21/h4-9,14H,10-13H2,1-3H3. The van der Waals surface area contributed by atoms with Crippen LogP contribution < -0.4 is 4.90 Å². The number of halogens is 1. The zero-order valence-electron chi connectivity index (χ0n) is 18.4. The van der Waals surface area contributed by atoms with Crippen molar-refractivity contribution in [3.63, 3.8) is 0 Å². The Morgan fingerprint density at radius 3 is 2.24 bits per heavy atom. The zero-order chi connectivity index (χ0) is 24.4. The summed E-state index contributed by atoms with van der Waals surface area (Å²) in [6.45, 7) is 0.853. The maximum Gasteiger partial charge on any atom is 0.229 e. The molecule has 178 valence electrons. The fourth-order valence-corrected chi connectivity index (χ4v) is 6.11. The highest BCUT2D eigenvalue weighted by Gasteiger charge is 2.23. The number of sulfone groups is 2. The molecular weight excluding hydrogens is 506 g/mol. The minimum absolute atomic E-state index is 0.104. The lowest BCUT2D eigenvalue weighted by Crippen LogP contribution is -2.37. The number of likely N-dealkylation sites (N-methyl/N-ethyl adjacent to an activating group) is 1. The van der Waals surface area contributed by atoms with Gasteiger partial charge in [0.15, 0.2) is 24.8 Å². The first kappa shape index (κ1) is 25.6. The Morgan fingerprint density at radius 1 is 1.00 bits per heavy atom. The first-order valence-electron chi connectivity index (χ1n) is 9.91. The molecule has 0 fully saturated rings. The Labute approximate surface area is 202 Å². The highest BCUT2D eigenvalue weighted by Crippen LogP contribution is 2.31. The quantitative estimate of drug-likeness (QED) is 0.419. The second kappa shape index (κ2) is 10.1. The average Bonchev–Trinajstić information content (AvgIpc) is 3.15. The third-order valence-corrected chi connectivity index (χ3v) is 8.97. The largest absolute Gasteiger partial charge is 0.308 e. The molecule has 1 heterocycles. The topological polar surface area (TPSA) is 105 Å². The van der Waals surface area contributed by atoms with Crippen LogP contribution in [0.1, 0.15) is 6.42 Å². The number of anilines is 1. The second-order valence-electron chi connectivity index (χ2n) is 7.77. The lowest BCUT2D eigenvalue weighted by Gasteiger charge is -2.22. The Hall–Kier alpha value is -2.05. The number of hydrogen-bond acceptors (Lipinski definition) is 8. The molecule has 0 unspecified atom stereocenters. The molecule has 3 aromatic rings. The first-order chi connectivity index (χ1) is 15.4. The molecule has 0 aliphatic heterocycles. The van der Waals surface area contributed by atoms with E-state index in [1.54, 1.807) is 6.07 Å². The monoisotopic (exact) mass is 529 g/mol. The van der Waals surface area contributed by atoms with Crippen LogP contribution in [0, 0.1) is 0 Å². The van der Waals surface area contributed by atoms with E-state index in [0.29, 0.717) is 33.5 Å². The van der Waals surface area contributed by atoms with E-state index in [1.807, 2.05) is 19.0 Å². The van der Waals surface area contributed by atoms with E-state index >= 15 is 0 Å². The van der Waals surface area contributed by atoms with E-state index in [9.17, 15) is 21.6 Å². The maximum atomic E-state index is 13.1. The van der Waals surface area contributed by atoms with Gasteiger partial charge in [-0.25, -0.2) is 21.8 Å². The predicted molar refractivity (Wildman–Crippen MR) is 132 cm³/mol. The van der Waals surface area contributed by atoms with E-state index in [4.69, 9.17) is 11.6 Å². The predicted octanol–water partition coefficient (Wildman–Crippen LogP) is 3.11. The van der Waals surface area contributed by atoms with Gasteiger partial charge >= 0.3 is 0 Å². The summed E-state index contributed by atoms with van der Waals surface area (Å²) in [4.78, 5) is 21.2. The second-order valence-corrected chi connectivity index (χ2v) is 13.3. The minimum Gasteiger partial charge on any atom is -0.308 e. The van der Waals surface area contributed by atoms with E-state index in [1.165, 1.54) is 52.6 Å². The van der Waals surface area contributed by atoms with Crippen molar-refractivity contribution in [1.29, 1.82) is 0 Å². The zero-order valence-corrected chi connectivity index (χ0v) is 21.6. The number of carbonyl (C=O) groups is 1. The Balaban J connectivity index is 1.85. The molecule has 0 spiro atoms. The number of carbonyl (C=O) groups excluding carboxylic acids is 1. The molecule has 33 heavy (non-hydrogen) atoms. The fourth-order valence-electron chi connectivity index (χ4n) is 2.98. The summed E-state index contributed by atoms with van der Waals surface area (Å²) >= 11 is 7.02. The van der Waals surface area contributed by atoms with Crippen LogP contribution in [0.2, 0.25) is 5.02 Å². The number of aromatic nitrogens is 1. The third kappa shape index (κ3) is 6.51. The number of hydrogen-bond donors (Lipinski definition) is 0. The molecule has 0 N–H and O–H groups in total. The van der Waals surface area contributed by atoms with Gasteiger partial charge in [0.2, 0.25) is 5.91 Å². The van der Waals surface area contributed by atoms with Crippen molar-refractivity contribution in [2.45, 2.75) is 16.2 Å². The number of fused-ring (bicyclic) bond motifs is 1. The Bertz CT molecular complexity index is 1370. The molecule has 0 radical (unpaired) electrons. The smallest absolute Gasteiger partial charge is 0.229 e. The van der Waals surface area contributed by atoms with E-state index in [0.717, 1.165) is 6.26 Å². The van der Waals surface area contributed by atoms with Crippen molar-refractivity contribution >= 4 is 63.9 Å². The molecule has 0 saturated heterocycles. The van der Waals surface area contributed by atoms with Gasteiger partial charge in [-0.2, -0.15) is 0 Å². The average molecular weight is 530 g/mol. The van der Waals surface area contributed by atoms with Gasteiger partial charge < -0.3 is 4.90 Å². The van der Waals surface area contributed by atoms with Crippen molar-refractivity contribution in [3.05, 3.63) is 47.5 Å². The molecule has 3 rings (SSSR count). The Kier molecular flexibility index (Phi) is 7.80. The molecule has 0 atom stereocenters. The summed E-state index contributed by atoms with van der Waals surface area (Å²) in [6, 6.07) is 10.4. The lowest BCUT2D eigenvalue weighted by atomic mass is 10.3. The maximum absolute atomic E-state index is 13.1. The molecule has 0 saturated carbocycles. The third-order valence-electron chi connectivity index (χ3n) is 4.84. The minimum atomic E-state index is -3.67. The normalized spacial score (nSPS) is 12.4. The van der Waals surface area contributed by atoms with Crippen LogP contribution in [0.15, 0.2) is 52.3 Å². The Morgan fingerprint density at radius 2 is 1.64 bits per heavy atom. The number of benzene rings is 2. The van der Waals surface area contributed by atoms with Crippen molar-refractivity contribution in [2.24, 2.45) is 0 Å². The van der Waals surface area contributed by atoms with Gasteiger partial charge in [-0.1, -0.05) is 22.9 Å². The molecule has 1 aromatic heterocycles. The number of amides is 1. The van der Waals surface area contributed by atoms with Crippen LogP contribution in [-0.2, 0) is 24.5 Å². The lowest BCUT2D eigenvalue weighted by molar-refractivity contribution is -0.118. The molecular formula is C21H24ClN3O5S3. The fraction of sp³-hybridized carbons (Fsp3) is 0.333. The van der Waals surface area contributed by atoms with Crippen molar-refractivity contribution in [1.82, 2.24) is 9.88 Å². The molecule has 12 heteroatoms. The molecule has 8 nitrogen and oxygen atoms in total. The van der Waals surface area contributed by atoms with Crippen molar-refractivity contribution < 1.29 is 21.6 Å². The molecule has 0 aliphatic rings. The molecule has 0 bridgehead atoms. The van der Waals surface area contributed by atoms with E-state index < -0.39 is 19.7 Å². The highest BCUT2D eigenvalue weighted by molar-refractivity contribution is 7.91. The van der Waals surface area contributed by atoms with Crippen molar-refractivity contribution in [2.75, 3.05) is 44.1 Å². The summed E-state index contributed by atoms with van der Waals surface area (Å²) in [5.74, 6) is -0.730. The highest BCUT2D eigenvalue weighted by atomic mass is 35.5. The SMILES string of the molecule is CN(C)CCN(C(=O)CCS(=O)(=O)c1ccc(Cl)cc1)c1nc2ccc(S(C)(=O)=O)cc2s1. The summed E-state index contributed by atoms with van der Waals surface area (Å²) in [5.41, 5.74) is 0.568. The molecule has 1 amide bonds. The van der Waals surface area contributed by atoms with Gasteiger partial charge in [-0.15, -0.1) is 0 Å². The van der Waals surface area contributed by atoms with Crippen LogP contribution >= 0.6 is 22.9 Å². The van der Waals surface area contributed by atoms with Crippen LogP contribution in [-0.4, -0.2) is 71.8 Å². The molecule has 0 aliphatic carbocycles. The number of rotatable bonds is 9. The van der Waals surface area contributed by atoms with Crippen LogP contribution in [0.3, 0.4) is 0 Å². The first-order valence-corrected chi connectivity index (χ1v) is 14.6.